The van der Waals surface area contributed by atoms with Gasteiger partial charge in [0.2, 0.25) is 0 Å². The summed E-state index contributed by atoms with van der Waals surface area (Å²) in [6.07, 6.45) is 7.11. The molecule has 104 valence electrons. The number of piperidine rings is 2. The summed E-state index contributed by atoms with van der Waals surface area (Å²) >= 11 is 0. The molecule has 1 aromatic rings. The summed E-state index contributed by atoms with van der Waals surface area (Å²) in [5, 5.41) is 3.57. The largest absolute Gasteiger partial charge is 0.495 e. The average Bonchev–Trinajstić information content (AvgIpc) is 2.48. The predicted molar refractivity (Wildman–Crippen MR) is 76.8 cm³/mol. The third-order valence-electron chi connectivity index (χ3n) is 4.50. The Kier molecular flexibility index (Phi) is 3.60. The fraction of sp³-hybridized carbons (Fsp3) is 0.667. The van der Waals surface area contributed by atoms with Crippen molar-refractivity contribution in [1.82, 2.24) is 10.3 Å². The molecular formula is C15H23N3O. The lowest BCUT2D eigenvalue weighted by Gasteiger charge is -2.45. The minimum absolute atomic E-state index is 0.470. The fourth-order valence-electron chi connectivity index (χ4n) is 3.46. The van der Waals surface area contributed by atoms with Crippen LogP contribution in [0.5, 0.6) is 5.75 Å². The molecule has 0 aromatic carbocycles. The number of ether oxygens (including phenoxy) is 1. The zero-order valence-electron chi connectivity index (χ0n) is 11.7. The molecule has 1 spiro atoms. The highest BCUT2D eigenvalue weighted by Gasteiger charge is 2.36. The highest BCUT2D eigenvalue weighted by atomic mass is 16.5. The minimum atomic E-state index is 0.470. The van der Waals surface area contributed by atoms with Gasteiger partial charge in [-0.05, 0) is 44.4 Å². The van der Waals surface area contributed by atoms with E-state index in [4.69, 9.17) is 4.74 Å². The average molecular weight is 261 g/mol. The van der Waals surface area contributed by atoms with Crippen molar-refractivity contribution in [3.8, 4) is 5.75 Å². The molecule has 1 unspecified atom stereocenters. The van der Waals surface area contributed by atoms with Crippen molar-refractivity contribution in [2.45, 2.75) is 25.7 Å². The van der Waals surface area contributed by atoms with Crippen LogP contribution in [0.1, 0.15) is 25.7 Å². The Morgan fingerprint density at radius 3 is 2.89 bits per heavy atom. The molecule has 2 aliphatic heterocycles. The Morgan fingerprint density at radius 1 is 1.32 bits per heavy atom. The molecular weight excluding hydrogens is 238 g/mol. The first-order valence-corrected chi connectivity index (χ1v) is 7.27. The summed E-state index contributed by atoms with van der Waals surface area (Å²) < 4.78 is 5.18. The first-order chi connectivity index (χ1) is 9.31. The normalized spacial score (nSPS) is 27.5. The smallest absolute Gasteiger partial charge is 0.137 e. The van der Waals surface area contributed by atoms with Gasteiger partial charge in [-0.25, -0.2) is 4.98 Å². The number of methoxy groups -OCH3 is 1. The van der Waals surface area contributed by atoms with Gasteiger partial charge in [0.25, 0.3) is 0 Å². The van der Waals surface area contributed by atoms with E-state index in [2.05, 4.69) is 21.3 Å². The quantitative estimate of drug-likeness (QED) is 0.884. The maximum Gasteiger partial charge on any atom is 0.137 e. The van der Waals surface area contributed by atoms with Gasteiger partial charge in [-0.1, -0.05) is 0 Å². The van der Waals surface area contributed by atoms with E-state index in [0.29, 0.717) is 5.41 Å². The summed E-state index contributed by atoms with van der Waals surface area (Å²) in [5.41, 5.74) is 0.470. The summed E-state index contributed by atoms with van der Waals surface area (Å²) in [7, 11) is 1.68. The Hall–Kier alpha value is -1.29. The lowest BCUT2D eigenvalue weighted by atomic mass is 9.74. The number of nitrogens with zero attached hydrogens (tertiary/aromatic N) is 2. The van der Waals surface area contributed by atoms with Gasteiger partial charge in [0.15, 0.2) is 0 Å². The summed E-state index contributed by atoms with van der Waals surface area (Å²) in [4.78, 5) is 6.97. The Bertz CT molecular complexity index is 406. The van der Waals surface area contributed by atoms with E-state index in [0.717, 1.165) is 24.7 Å². The molecule has 0 bridgehead atoms. The molecule has 3 rings (SSSR count). The third-order valence-corrected chi connectivity index (χ3v) is 4.50. The van der Waals surface area contributed by atoms with Crippen LogP contribution in [0.4, 0.5) is 5.82 Å². The van der Waals surface area contributed by atoms with E-state index in [1.54, 1.807) is 7.11 Å². The molecule has 1 aromatic heterocycles. The van der Waals surface area contributed by atoms with Crippen molar-refractivity contribution >= 4 is 5.82 Å². The summed E-state index contributed by atoms with van der Waals surface area (Å²) in [6.45, 7) is 4.61. The van der Waals surface area contributed by atoms with Crippen LogP contribution >= 0.6 is 0 Å². The van der Waals surface area contributed by atoms with Crippen LogP contribution in [-0.4, -0.2) is 38.3 Å². The Balaban J connectivity index is 1.73. The van der Waals surface area contributed by atoms with Gasteiger partial charge < -0.3 is 15.0 Å². The van der Waals surface area contributed by atoms with Gasteiger partial charge in [0, 0.05) is 25.0 Å². The predicted octanol–water partition coefficient (Wildman–Crippen LogP) is 2.06. The van der Waals surface area contributed by atoms with Crippen molar-refractivity contribution in [2.75, 3.05) is 38.2 Å². The van der Waals surface area contributed by atoms with Crippen molar-refractivity contribution < 1.29 is 4.74 Å². The van der Waals surface area contributed by atoms with Crippen LogP contribution in [0.25, 0.3) is 0 Å². The van der Waals surface area contributed by atoms with Gasteiger partial charge >= 0.3 is 0 Å². The summed E-state index contributed by atoms with van der Waals surface area (Å²) in [5.74, 6) is 1.92. The standard InChI is InChI=1S/C15H23N3O/c1-19-13-4-5-14(17-10-13)18-9-3-7-15(12-18)6-2-8-16-11-15/h4-5,10,16H,2-3,6-9,11-12H2,1H3. The number of nitrogens with one attached hydrogen (secondary N) is 1. The number of hydrogen-bond donors (Lipinski definition) is 1. The second kappa shape index (κ2) is 5.37. The van der Waals surface area contributed by atoms with Crippen LogP contribution < -0.4 is 15.0 Å². The molecule has 0 aliphatic carbocycles. The fourth-order valence-corrected chi connectivity index (χ4v) is 3.46. The zero-order valence-corrected chi connectivity index (χ0v) is 11.7. The molecule has 2 fully saturated rings. The molecule has 4 heteroatoms. The minimum Gasteiger partial charge on any atom is -0.495 e. The summed E-state index contributed by atoms with van der Waals surface area (Å²) in [6, 6.07) is 4.08. The lowest BCUT2D eigenvalue weighted by Crippen LogP contribution is -2.51. The Morgan fingerprint density at radius 2 is 2.21 bits per heavy atom. The van der Waals surface area contributed by atoms with Gasteiger partial charge in [0.05, 0.1) is 13.3 Å². The number of rotatable bonds is 2. The first-order valence-electron chi connectivity index (χ1n) is 7.27. The molecule has 3 heterocycles. The second-order valence-electron chi connectivity index (χ2n) is 5.86. The van der Waals surface area contributed by atoms with Crippen LogP contribution in [-0.2, 0) is 0 Å². The number of hydrogen-bond acceptors (Lipinski definition) is 4. The van der Waals surface area contributed by atoms with Gasteiger partial charge in [-0.2, -0.15) is 0 Å². The van der Waals surface area contributed by atoms with Gasteiger partial charge in [0.1, 0.15) is 11.6 Å². The molecule has 0 radical (unpaired) electrons. The van der Waals surface area contributed by atoms with Crippen LogP contribution in [0, 0.1) is 5.41 Å². The van der Waals surface area contributed by atoms with Crippen LogP contribution in [0.15, 0.2) is 18.3 Å². The maximum atomic E-state index is 5.18. The van der Waals surface area contributed by atoms with E-state index in [1.807, 2.05) is 12.3 Å². The number of aromatic nitrogens is 1. The molecule has 0 amide bonds. The second-order valence-corrected chi connectivity index (χ2v) is 5.86. The zero-order chi connectivity index (χ0) is 13.1. The van der Waals surface area contributed by atoms with E-state index in [1.165, 1.54) is 38.8 Å². The highest BCUT2D eigenvalue weighted by Crippen LogP contribution is 2.37. The number of anilines is 1. The van der Waals surface area contributed by atoms with E-state index < -0.39 is 0 Å². The molecule has 19 heavy (non-hydrogen) atoms. The number of pyridine rings is 1. The van der Waals surface area contributed by atoms with Crippen molar-refractivity contribution in [1.29, 1.82) is 0 Å². The highest BCUT2D eigenvalue weighted by molar-refractivity contribution is 5.41. The topological polar surface area (TPSA) is 37.4 Å². The molecule has 4 nitrogen and oxygen atoms in total. The SMILES string of the molecule is COc1ccc(N2CCCC3(CCCNC3)C2)nc1. The van der Waals surface area contributed by atoms with Crippen molar-refractivity contribution in [2.24, 2.45) is 5.41 Å². The van der Waals surface area contributed by atoms with E-state index in [-0.39, 0.29) is 0 Å². The molecule has 0 saturated carbocycles. The monoisotopic (exact) mass is 261 g/mol. The molecule has 2 saturated heterocycles. The van der Waals surface area contributed by atoms with Gasteiger partial charge in [-0.15, -0.1) is 0 Å². The lowest BCUT2D eigenvalue weighted by molar-refractivity contribution is 0.173. The molecule has 1 N–H and O–H groups in total. The van der Waals surface area contributed by atoms with Crippen molar-refractivity contribution in [3.05, 3.63) is 18.3 Å². The Labute approximate surface area is 115 Å². The van der Waals surface area contributed by atoms with Crippen molar-refractivity contribution in [3.63, 3.8) is 0 Å². The van der Waals surface area contributed by atoms with E-state index in [9.17, 15) is 0 Å². The van der Waals surface area contributed by atoms with Crippen LogP contribution in [0.2, 0.25) is 0 Å². The maximum absolute atomic E-state index is 5.18. The van der Waals surface area contributed by atoms with Crippen LogP contribution in [0.3, 0.4) is 0 Å². The molecule has 2 aliphatic rings. The van der Waals surface area contributed by atoms with Gasteiger partial charge in [-0.3, -0.25) is 0 Å². The van der Waals surface area contributed by atoms with E-state index >= 15 is 0 Å². The molecule has 1 atom stereocenters. The first kappa shape index (κ1) is 12.7. The third kappa shape index (κ3) is 2.68.